The van der Waals surface area contributed by atoms with Gasteiger partial charge in [0.15, 0.2) is 0 Å². The van der Waals surface area contributed by atoms with E-state index in [1.165, 1.54) is 21.6 Å². The topological polar surface area (TPSA) is 66.1 Å². The Hall–Kier alpha value is -2.60. The standard InChI is InChI=1S/C16H14ClN3O3/c1-2-23-16(22)20-13-8-14(17)18-9-12(13)15(21)19(20)10-11-6-4-3-5-7-11/h3-9H,2,10H2,1H3. The first-order valence-electron chi connectivity index (χ1n) is 7.10. The average molecular weight is 332 g/mol. The van der Waals surface area contributed by atoms with Crippen molar-refractivity contribution in [2.24, 2.45) is 0 Å². The van der Waals surface area contributed by atoms with Gasteiger partial charge in [0.25, 0.3) is 5.56 Å². The number of ether oxygens (including phenoxy) is 1. The van der Waals surface area contributed by atoms with Crippen LogP contribution in [-0.2, 0) is 11.3 Å². The molecule has 0 saturated carbocycles. The van der Waals surface area contributed by atoms with E-state index in [0.717, 1.165) is 5.56 Å². The van der Waals surface area contributed by atoms with Gasteiger partial charge in [-0.3, -0.25) is 4.79 Å². The van der Waals surface area contributed by atoms with E-state index < -0.39 is 6.09 Å². The predicted octanol–water partition coefficient (Wildman–Crippen LogP) is 2.90. The summed E-state index contributed by atoms with van der Waals surface area (Å²) in [6, 6.07) is 10.9. The first kappa shape index (κ1) is 15.3. The van der Waals surface area contributed by atoms with E-state index in [1.54, 1.807) is 6.92 Å². The van der Waals surface area contributed by atoms with Crippen LogP contribution in [-0.4, -0.2) is 27.0 Å². The molecular weight excluding hydrogens is 318 g/mol. The zero-order chi connectivity index (χ0) is 16.4. The number of pyridine rings is 1. The Balaban J connectivity index is 2.22. The van der Waals surface area contributed by atoms with Crippen molar-refractivity contribution >= 4 is 28.6 Å². The van der Waals surface area contributed by atoms with Gasteiger partial charge in [0.05, 0.1) is 24.1 Å². The predicted molar refractivity (Wildman–Crippen MR) is 87.0 cm³/mol. The second-order valence-corrected chi connectivity index (χ2v) is 5.27. The van der Waals surface area contributed by atoms with Gasteiger partial charge in [0.2, 0.25) is 0 Å². The summed E-state index contributed by atoms with van der Waals surface area (Å²) in [6.07, 6.45) is 0.745. The van der Waals surface area contributed by atoms with Crippen molar-refractivity contribution < 1.29 is 9.53 Å². The highest BCUT2D eigenvalue weighted by atomic mass is 35.5. The zero-order valence-electron chi connectivity index (χ0n) is 12.4. The summed E-state index contributed by atoms with van der Waals surface area (Å²) in [7, 11) is 0. The number of halogens is 1. The van der Waals surface area contributed by atoms with Crippen LogP contribution in [0.5, 0.6) is 0 Å². The second-order valence-electron chi connectivity index (χ2n) is 4.88. The number of nitrogens with zero attached hydrogens (tertiary/aromatic N) is 3. The van der Waals surface area contributed by atoms with Crippen LogP contribution in [0, 0.1) is 0 Å². The summed E-state index contributed by atoms with van der Waals surface area (Å²) >= 11 is 5.91. The van der Waals surface area contributed by atoms with E-state index in [9.17, 15) is 9.59 Å². The minimum atomic E-state index is -0.627. The molecule has 3 rings (SSSR count). The third-order valence-corrected chi connectivity index (χ3v) is 3.61. The van der Waals surface area contributed by atoms with Gasteiger partial charge in [0, 0.05) is 12.3 Å². The maximum absolute atomic E-state index is 12.6. The number of aromatic nitrogens is 3. The van der Waals surface area contributed by atoms with Crippen molar-refractivity contribution in [1.29, 1.82) is 0 Å². The molecule has 0 N–H and O–H groups in total. The minimum Gasteiger partial charge on any atom is -0.448 e. The van der Waals surface area contributed by atoms with Crippen molar-refractivity contribution in [2.45, 2.75) is 13.5 Å². The van der Waals surface area contributed by atoms with E-state index in [0.29, 0.717) is 10.9 Å². The lowest BCUT2D eigenvalue weighted by atomic mass is 10.2. The van der Waals surface area contributed by atoms with Crippen molar-refractivity contribution in [1.82, 2.24) is 14.3 Å². The molecule has 0 fully saturated rings. The number of carbonyl (C=O) groups is 1. The molecule has 2 aromatic heterocycles. The van der Waals surface area contributed by atoms with Gasteiger partial charge in [-0.15, -0.1) is 0 Å². The van der Waals surface area contributed by atoms with Crippen LogP contribution < -0.4 is 5.56 Å². The van der Waals surface area contributed by atoms with Crippen molar-refractivity contribution in [3.63, 3.8) is 0 Å². The van der Waals surface area contributed by atoms with Crippen LogP contribution in [0.15, 0.2) is 47.4 Å². The average Bonchev–Trinajstić information content (AvgIpc) is 2.80. The van der Waals surface area contributed by atoms with Crippen LogP contribution >= 0.6 is 11.6 Å². The first-order chi connectivity index (χ1) is 11.1. The lowest BCUT2D eigenvalue weighted by molar-refractivity contribution is 0.147. The third kappa shape index (κ3) is 2.85. The summed E-state index contributed by atoms with van der Waals surface area (Å²) in [4.78, 5) is 28.9. The lowest BCUT2D eigenvalue weighted by Gasteiger charge is -2.11. The summed E-state index contributed by atoms with van der Waals surface area (Å²) in [5.74, 6) is 0. The molecule has 0 unspecified atom stereocenters. The monoisotopic (exact) mass is 331 g/mol. The van der Waals surface area contributed by atoms with Crippen LogP contribution in [0.1, 0.15) is 12.5 Å². The minimum absolute atomic E-state index is 0.201. The van der Waals surface area contributed by atoms with E-state index in [-0.39, 0.29) is 23.9 Å². The van der Waals surface area contributed by atoms with E-state index in [4.69, 9.17) is 16.3 Å². The molecule has 23 heavy (non-hydrogen) atoms. The highest BCUT2D eigenvalue weighted by molar-refractivity contribution is 6.30. The number of fused-ring (bicyclic) bond motifs is 1. The van der Waals surface area contributed by atoms with Crippen molar-refractivity contribution in [3.05, 3.63) is 63.7 Å². The fourth-order valence-corrected chi connectivity index (χ4v) is 2.55. The number of hydrogen-bond donors (Lipinski definition) is 0. The Morgan fingerprint density at radius 2 is 2.04 bits per heavy atom. The quantitative estimate of drug-likeness (QED) is 0.692. The molecule has 0 aliphatic carbocycles. The molecule has 1 aromatic carbocycles. The van der Waals surface area contributed by atoms with E-state index in [2.05, 4.69) is 4.98 Å². The first-order valence-corrected chi connectivity index (χ1v) is 7.47. The van der Waals surface area contributed by atoms with Crippen LogP contribution in [0.4, 0.5) is 4.79 Å². The Kier molecular flexibility index (Phi) is 4.16. The lowest BCUT2D eigenvalue weighted by Crippen LogP contribution is -2.28. The summed E-state index contributed by atoms with van der Waals surface area (Å²) in [6.45, 7) is 2.15. The molecule has 0 spiro atoms. The Labute approximate surface area is 136 Å². The summed E-state index contributed by atoms with van der Waals surface area (Å²) in [5, 5.41) is 0.519. The molecular formula is C16H14ClN3O3. The molecule has 2 heterocycles. The highest BCUT2D eigenvalue weighted by Gasteiger charge is 2.20. The Morgan fingerprint density at radius 3 is 2.74 bits per heavy atom. The Morgan fingerprint density at radius 1 is 1.30 bits per heavy atom. The maximum Gasteiger partial charge on any atom is 0.433 e. The molecule has 7 heteroatoms. The number of benzene rings is 1. The molecule has 0 atom stereocenters. The zero-order valence-corrected chi connectivity index (χ0v) is 13.2. The Bertz CT molecular complexity index is 915. The van der Waals surface area contributed by atoms with E-state index >= 15 is 0 Å². The van der Waals surface area contributed by atoms with Gasteiger partial charge in [-0.25, -0.2) is 14.5 Å². The number of carbonyl (C=O) groups excluding carboxylic acids is 1. The number of rotatable bonds is 3. The van der Waals surface area contributed by atoms with Gasteiger partial charge >= 0.3 is 6.09 Å². The molecule has 0 radical (unpaired) electrons. The largest absolute Gasteiger partial charge is 0.448 e. The van der Waals surface area contributed by atoms with Gasteiger partial charge < -0.3 is 4.74 Å². The maximum atomic E-state index is 12.6. The molecule has 0 bridgehead atoms. The fourth-order valence-electron chi connectivity index (χ4n) is 2.40. The molecule has 6 nitrogen and oxygen atoms in total. The SMILES string of the molecule is CCOC(=O)n1c2cc(Cl)ncc2c(=O)n1Cc1ccccc1. The van der Waals surface area contributed by atoms with Crippen molar-refractivity contribution in [3.8, 4) is 0 Å². The van der Waals surface area contributed by atoms with E-state index in [1.807, 2.05) is 30.3 Å². The van der Waals surface area contributed by atoms with Crippen LogP contribution in [0.25, 0.3) is 10.9 Å². The molecule has 3 aromatic rings. The molecule has 118 valence electrons. The van der Waals surface area contributed by atoms with Gasteiger partial charge in [-0.05, 0) is 12.5 Å². The van der Waals surface area contributed by atoms with Crippen LogP contribution in [0.2, 0.25) is 5.15 Å². The molecule has 0 aliphatic heterocycles. The highest BCUT2D eigenvalue weighted by Crippen LogP contribution is 2.16. The summed E-state index contributed by atoms with van der Waals surface area (Å²) < 4.78 is 7.61. The molecule has 0 saturated heterocycles. The van der Waals surface area contributed by atoms with Gasteiger partial charge in [-0.1, -0.05) is 41.9 Å². The molecule has 0 aliphatic rings. The second kappa shape index (κ2) is 6.26. The van der Waals surface area contributed by atoms with Crippen LogP contribution in [0.3, 0.4) is 0 Å². The number of hydrogen-bond acceptors (Lipinski definition) is 4. The summed E-state index contributed by atoms with van der Waals surface area (Å²) in [5.41, 5.74) is 0.951. The smallest absolute Gasteiger partial charge is 0.433 e. The third-order valence-electron chi connectivity index (χ3n) is 3.40. The van der Waals surface area contributed by atoms with Crippen molar-refractivity contribution in [2.75, 3.05) is 6.61 Å². The van der Waals surface area contributed by atoms with Gasteiger partial charge in [-0.2, -0.15) is 4.68 Å². The van der Waals surface area contributed by atoms with Gasteiger partial charge in [0.1, 0.15) is 5.15 Å². The fraction of sp³-hybridized carbons (Fsp3) is 0.188. The molecule has 0 amide bonds. The normalized spacial score (nSPS) is 10.9.